The number of benzene rings is 1. The summed E-state index contributed by atoms with van der Waals surface area (Å²) in [5.41, 5.74) is 2.71. The van der Waals surface area contributed by atoms with Gasteiger partial charge in [0, 0.05) is 12.3 Å². The Morgan fingerprint density at radius 1 is 1.13 bits per heavy atom. The molecular formula is C12H8N3. The summed E-state index contributed by atoms with van der Waals surface area (Å²) in [6.45, 7) is 0. The van der Waals surface area contributed by atoms with Gasteiger partial charge in [-0.25, -0.2) is 4.98 Å². The van der Waals surface area contributed by atoms with Gasteiger partial charge in [0.25, 0.3) is 0 Å². The smallest absolute Gasteiger partial charge is 0.157 e. The standard InChI is InChI=1S/C12H8N3/c1-2-6-10-9(5-1)14-12(15-10)11-7-3-4-8-13-11/h1-6,8H,(H,14,15). The average molecular weight is 194 g/mol. The van der Waals surface area contributed by atoms with E-state index < -0.39 is 0 Å². The fourth-order valence-corrected chi connectivity index (χ4v) is 1.52. The molecule has 71 valence electrons. The lowest BCUT2D eigenvalue weighted by atomic mass is 10.3. The van der Waals surface area contributed by atoms with Crippen molar-refractivity contribution in [3.05, 3.63) is 48.7 Å². The number of imidazole rings is 1. The Bertz CT molecular complexity index is 551. The molecule has 0 aliphatic rings. The van der Waals surface area contributed by atoms with Crippen molar-refractivity contribution in [2.45, 2.75) is 0 Å². The Labute approximate surface area is 86.8 Å². The van der Waals surface area contributed by atoms with Gasteiger partial charge in [-0.3, -0.25) is 4.98 Å². The summed E-state index contributed by atoms with van der Waals surface area (Å²) in [4.78, 5) is 11.8. The third-order valence-electron chi connectivity index (χ3n) is 2.22. The maximum absolute atomic E-state index is 4.43. The van der Waals surface area contributed by atoms with Crippen LogP contribution in [0.4, 0.5) is 0 Å². The first-order valence-corrected chi connectivity index (χ1v) is 4.71. The maximum atomic E-state index is 4.43. The number of nitrogens with zero attached hydrogens (tertiary/aromatic N) is 2. The molecule has 3 heteroatoms. The molecule has 0 atom stereocenters. The van der Waals surface area contributed by atoms with Gasteiger partial charge in [-0.2, -0.15) is 0 Å². The Morgan fingerprint density at radius 3 is 2.87 bits per heavy atom. The predicted octanol–water partition coefficient (Wildman–Crippen LogP) is 2.43. The van der Waals surface area contributed by atoms with Crippen molar-refractivity contribution in [1.29, 1.82) is 0 Å². The second-order valence-corrected chi connectivity index (χ2v) is 3.23. The number of rotatable bonds is 1. The molecule has 0 aliphatic heterocycles. The summed E-state index contributed by atoms with van der Waals surface area (Å²) in [7, 11) is 0. The van der Waals surface area contributed by atoms with Crippen molar-refractivity contribution in [2.24, 2.45) is 0 Å². The molecule has 1 radical (unpaired) electrons. The van der Waals surface area contributed by atoms with Crippen LogP contribution in [-0.4, -0.2) is 15.0 Å². The fraction of sp³-hybridized carbons (Fsp3) is 0. The molecule has 2 aromatic heterocycles. The van der Waals surface area contributed by atoms with Gasteiger partial charge in [0.2, 0.25) is 0 Å². The van der Waals surface area contributed by atoms with Crippen LogP contribution in [0.3, 0.4) is 0 Å². The summed E-state index contributed by atoms with van der Waals surface area (Å²) in [6, 6.07) is 14.6. The number of para-hydroxylation sites is 2. The quantitative estimate of drug-likeness (QED) is 0.646. The summed E-state index contributed by atoms with van der Waals surface area (Å²) >= 11 is 0. The van der Waals surface area contributed by atoms with Crippen LogP contribution in [0.5, 0.6) is 0 Å². The largest absolute Gasteiger partial charge is 0.337 e. The Kier molecular flexibility index (Phi) is 1.75. The molecule has 15 heavy (non-hydrogen) atoms. The summed E-state index contributed by atoms with van der Waals surface area (Å²) in [5.74, 6) is 0.761. The van der Waals surface area contributed by atoms with Crippen molar-refractivity contribution >= 4 is 11.0 Å². The van der Waals surface area contributed by atoms with Crippen molar-refractivity contribution in [3.8, 4) is 11.5 Å². The van der Waals surface area contributed by atoms with E-state index in [1.807, 2.05) is 36.4 Å². The Balaban J connectivity index is 2.21. The second kappa shape index (κ2) is 3.20. The van der Waals surface area contributed by atoms with E-state index in [1.165, 1.54) is 0 Å². The van der Waals surface area contributed by atoms with Crippen LogP contribution < -0.4 is 0 Å². The third kappa shape index (κ3) is 1.38. The van der Waals surface area contributed by atoms with Gasteiger partial charge in [-0.1, -0.05) is 18.2 Å². The highest BCUT2D eigenvalue weighted by molar-refractivity contribution is 5.78. The zero-order chi connectivity index (χ0) is 10.1. The number of H-pyrrole nitrogens is 1. The summed E-state index contributed by atoms with van der Waals surface area (Å²) in [6.07, 6.45) is 1.74. The fourth-order valence-electron chi connectivity index (χ4n) is 1.52. The topological polar surface area (TPSA) is 41.6 Å². The number of aromatic nitrogens is 3. The summed E-state index contributed by atoms with van der Waals surface area (Å²) < 4.78 is 0. The first-order chi connectivity index (χ1) is 7.43. The zero-order valence-electron chi connectivity index (χ0n) is 7.94. The van der Waals surface area contributed by atoms with Crippen LogP contribution in [0, 0.1) is 6.07 Å². The molecule has 0 bridgehead atoms. The number of pyridine rings is 1. The Morgan fingerprint density at radius 2 is 2.07 bits per heavy atom. The van der Waals surface area contributed by atoms with E-state index in [-0.39, 0.29) is 0 Å². The first-order valence-electron chi connectivity index (χ1n) is 4.71. The number of nitrogens with one attached hydrogen (secondary N) is 1. The van der Waals surface area contributed by atoms with Crippen LogP contribution in [0.15, 0.2) is 42.6 Å². The molecule has 0 saturated heterocycles. The van der Waals surface area contributed by atoms with Gasteiger partial charge in [-0.05, 0) is 18.2 Å². The van der Waals surface area contributed by atoms with Crippen molar-refractivity contribution in [1.82, 2.24) is 15.0 Å². The zero-order valence-corrected chi connectivity index (χ0v) is 7.94. The predicted molar refractivity (Wildman–Crippen MR) is 58.2 cm³/mol. The highest BCUT2D eigenvalue weighted by atomic mass is 14.9. The number of hydrogen-bond donors (Lipinski definition) is 1. The van der Waals surface area contributed by atoms with Crippen molar-refractivity contribution in [2.75, 3.05) is 0 Å². The van der Waals surface area contributed by atoms with E-state index in [0.717, 1.165) is 22.6 Å². The minimum absolute atomic E-state index is 0.744. The molecule has 0 fully saturated rings. The molecule has 0 amide bonds. The van der Waals surface area contributed by atoms with E-state index in [9.17, 15) is 0 Å². The normalized spacial score (nSPS) is 10.7. The molecule has 1 aromatic carbocycles. The van der Waals surface area contributed by atoms with Gasteiger partial charge in [0.05, 0.1) is 11.0 Å². The highest BCUT2D eigenvalue weighted by Gasteiger charge is 2.04. The molecule has 0 spiro atoms. The van der Waals surface area contributed by atoms with Gasteiger partial charge >= 0.3 is 0 Å². The molecular weight excluding hydrogens is 186 g/mol. The highest BCUT2D eigenvalue weighted by Crippen LogP contribution is 2.17. The van der Waals surface area contributed by atoms with Gasteiger partial charge < -0.3 is 4.98 Å². The van der Waals surface area contributed by atoms with E-state index in [4.69, 9.17) is 0 Å². The second-order valence-electron chi connectivity index (χ2n) is 3.23. The lowest BCUT2D eigenvalue weighted by Gasteiger charge is -1.91. The molecule has 3 aromatic rings. The van der Waals surface area contributed by atoms with Crippen LogP contribution in [0.25, 0.3) is 22.6 Å². The first kappa shape index (κ1) is 8.17. The van der Waals surface area contributed by atoms with E-state index >= 15 is 0 Å². The van der Waals surface area contributed by atoms with Crippen molar-refractivity contribution < 1.29 is 0 Å². The lowest BCUT2D eigenvalue weighted by molar-refractivity contribution is 1.23. The van der Waals surface area contributed by atoms with E-state index in [0.29, 0.717) is 0 Å². The number of aromatic amines is 1. The summed E-state index contributed by atoms with van der Waals surface area (Å²) in [5, 5.41) is 0. The monoisotopic (exact) mass is 194 g/mol. The van der Waals surface area contributed by atoms with Gasteiger partial charge in [0.15, 0.2) is 5.82 Å². The molecule has 3 rings (SSSR count). The SMILES string of the molecule is [c]1cccnc1-c1nc2ccccc2[nH]1. The molecule has 3 nitrogen and oxygen atoms in total. The number of fused-ring (bicyclic) bond motifs is 1. The molecule has 0 aliphatic carbocycles. The minimum Gasteiger partial charge on any atom is -0.337 e. The van der Waals surface area contributed by atoms with Crippen LogP contribution in [0.1, 0.15) is 0 Å². The average Bonchev–Trinajstić information content (AvgIpc) is 2.74. The molecule has 0 unspecified atom stereocenters. The Hall–Kier alpha value is -2.16. The van der Waals surface area contributed by atoms with Crippen LogP contribution in [0.2, 0.25) is 0 Å². The lowest BCUT2D eigenvalue weighted by Crippen LogP contribution is -1.83. The molecule has 0 saturated carbocycles. The minimum atomic E-state index is 0.744. The van der Waals surface area contributed by atoms with Gasteiger partial charge in [0.1, 0.15) is 5.69 Å². The molecule has 1 N–H and O–H groups in total. The van der Waals surface area contributed by atoms with E-state index in [2.05, 4.69) is 21.0 Å². The van der Waals surface area contributed by atoms with Crippen LogP contribution >= 0.6 is 0 Å². The van der Waals surface area contributed by atoms with Crippen LogP contribution in [-0.2, 0) is 0 Å². The number of hydrogen-bond acceptors (Lipinski definition) is 2. The van der Waals surface area contributed by atoms with E-state index in [1.54, 1.807) is 6.20 Å². The maximum Gasteiger partial charge on any atom is 0.157 e. The molecule has 2 heterocycles. The van der Waals surface area contributed by atoms with Crippen molar-refractivity contribution in [3.63, 3.8) is 0 Å². The van der Waals surface area contributed by atoms with Gasteiger partial charge in [-0.15, -0.1) is 0 Å². The third-order valence-corrected chi connectivity index (χ3v) is 2.22.